The number of carbonyl (C=O) groups is 13. The van der Waals surface area contributed by atoms with Crippen LogP contribution >= 0.6 is 25.3 Å². The van der Waals surface area contributed by atoms with Crippen LogP contribution in [0.4, 0.5) is 0 Å². The number of carboxylic acids is 2. The molecule has 2 aromatic rings. The van der Waals surface area contributed by atoms with E-state index in [1.165, 1.54) is 62.4 Å². The molecule has 99 heavy (non-hydrogen) atoms. The molecule has 0 aliphatic rings. The number of aliphatic imine (C=N–C) groups is 2. The average Bonchev–Trinajstić information content (AvgIpc) is 0.864. The lowest BCUT2D eigenvalue weighted by Crippen LogP contribution is -2.63. The molecule has 0 aliphatic heterocycles. The molecule has 39 nitrogen and oxygen atoms in total. The molecule has 0 unspecified atom stereocenters. The van der Waals surface area contributed by atoms with E-state index in [1.807, 2.05) is 16.0 Å². The minimum absolute atomic E-state index is 0.0567. The van der Waals surface area contributed by atoms with E-state index < -0.39 is 199 Å². The Labute approximate surface area is 578 Å². The van der Waals surface area contributed by atoms with Crippen LogP contribution in [0.5, 0.6) is 11.5 Å². The molecule has 41 heteroatoms. The second kappa shape index (κ2) is 43.5. The van der Waals surface area contributed by atoms with Crippen molar-refractivity contribution in [3.8, 4) is 11.5 Å². The van der Waals surface area contributed by atoms with E-state index in [4.69, 9.17) is 28.7 Å². The summed E-state index contributed by atoms with van der Waals surface area (Å²) < 4.78 is 0. The molecule has 0 heterocycles. The van der Waals surface area contributed by atoms with Gasteiger partial charge in [-0.1, -0.05) is 38.1 Å². The highest BCUT2D eigenvalue weighted by molar-refractivity contribution is 7.80. The number of phenols is 2. The monoisotopic (exact) mass is 1440 g/mol. The van der Waals surface area contributed by atoms with Gasteiger partial charge in [-0.15, -0.1) is 0 Å². The molecular formula is C58H90N18O21S2. The standard InChI is InChI=1S/C58H90N18O21S2/c1-26(2)43(54(94)72-39(23-79)56(96)97)75-55(95)44(27(3)80)76-53(93)41(25-99)74-49(89)36(20-42(83)84)69-50(90)37(21-77)71-51(91)38(22-78)70-46(86)33(7-5-17-65-58(62)63)66-52(92)40(24-98)73-48(88)35(19-29-10-14-31(82)15-11-29)68-47(87)34(18-28-8-12-30(81)13-9-28)67-45(85)32(59)6-4-16-64-57(60)61/h8-15,26-27,32-41,43-44,77-82,98-99H,4-7,16-25,59H2,1-3H3,(H,66,92)(H,67,85)(H,68,87)(H,69,90)(H,70,86)(H,71,91)(H,72,94)(H,73,88)(H,74,89)(H,75,95)(H,76,93)(H,83,84)(H,96,97)(H4,60,61,64)(H4,62,63,65)/t27-,32+,33+,34+,35+,36+,37+,38+,39+,40+,41+,43+,44+/m1/s1. The molecule has 0 spiro atoms. The molecule has 0 fully saturated rings. The van der Waals surface area contributed by atoms with Crippen LogP contribution in [0.15, 0.2) is 58.5 Å². The molecule has 2 aromatic carbocycles. The fourth-order valence-corrected chi connectivity index (χ4v) is 9.32. The number of aromatic hydroxyl groups is 2. The molecule has 11 amide bonds. The number of carboxylic acid groups (broad SMARTS) is 2. The first-order valence-corrected chi connectivity index (χ1v) is 31.8. The first-order chi connectivity index (χ1) is 46.6. The predicted octanol–water partition coefficient (Wildman–Crippen LogP) is -9.92. The molecule has 2 rings (SSSR count). The Balaban J connectivity index is 2.39. The van der Waals surface area contributed by atoms with Crippen LogP contribution in [-0.2, 0) is 75.2 Å². The average molecular weight is 1440 g/mol. The van der Waals surface area contributed by atoms with Gasteiger partial charge < -0.3 is 128 Å². The summed E-state index contributed by atoms with van der Waals surface area (Å²) in [5.74, 6) is -18.6. The molecule has 0 radical (unpaired) electrons. The highest BCUT2D eigenvalue weighted by Crippen LogP contribution is 2.16. The summed E-state index contributed by atoms with van der Waals surface area (Å²) >= 11 is 8.28. The van der Waals surface area contributed by atoms with Gasteiger partial charge >= 0.3 is 11.9 Å². The Kier molecular flexibility index (Phi) is 37.4. The molecule has 0 saturated carbocycles. The minimum Gasteiger partial charge on any atom is -0.508 e. The van der Waals surface area contributed by atoms with Gasteiger partial charge in [0.05, 0.1) is 38.4 Å². The number of aliphatic hydroxyl groups is 4. The fraction of sp³-hybridized carbons (Fsp3) is 0.534. The normalized spacial score (nSPS) is 14.9. The Morgan fingerprint density at radius 3 is 1.14 bits per heavy atom. The van der Waals surface area contributed by atoms with Crippen molar-refractivity contribution in [2.24, 2.45) is 44.6 Å². The van der Waals surface area contributed by atoms with Crippen LogP contribution < -0.4 is 87.2 Å². The van der Waals surface area contributed by atoms with E-state index in [0.29, 0.717) is 11.1 Å². The van der Waals surface area contributed by atoms with Gasteiger partial charge in [-0.25, -0.2) is 4.79 Å². The molecule has 0 aliphatic carbocycles. The predicted molar refractivity (Wildman–Crippen MR) is 358 cm³/mol. The third-order valence-electron chi connectivity index (χ3n) is 14.3. The zero-order chi connectivity index (χ0) is 74.8. The number of hydrogen-bond acceptors (Lipinski definition) is 24. The van der Waals surface area contributed by atoms with Crippen molar-refractivity contribution in [3.05, 3.63) is 59.7 Å². The second-order valence-corrected chi connectivity index (χ2v) is 23.3. The zero-order valence-electron chi connectivity index (χ0n) is 54.2. The molecule has 550 valence electrons. The van der Waals surface area contributed by atoms with E-state index in [0.717, 1.165) is 6.92 Å². The lowest BCUT2D eigenvalue weighted by Gasteiger charge is -2.28. The summed E-state index contributed by atoms with van der Waals surface area (Å²) in [4.78, 5) is 182. The molecular weight excluding hydrogens is 1350 g/mol. The topological polar surface area (TPSA) is 671 Å². The maximum absolute atomic E-state index is 14.4. The number of nitrogens with zero attached hydrogens (tertiary/aromatic N) is 2. The Hall–Kier alpha value is -9.81. The highest BCUT2D eigenvalue weighted by atomic mass is 32.1. The highest BCUT2D eigenvalue weighted by Gasteiger charge is 2.38. The number of nitrogens with one attached hydrogen (secondary N) is 11. The van der Waals surface area contributed by atoms with E-state index >= 15 is 0 Å². The smallest absolute Gasteiger partial charge is 0.328 e. The van der Waals surface area contributed by atoms with Crippen LogP contribution in [0, 0.1) is 5.92 Å². The number of aliphatic hydroxyl groups excluding tert-OH is 4. The first-order valence-electron chi connectivity index (χ1n) is 30.5. The van der Waals surface area contributed by atoms with Crippen LogP contribution in [0.3, 0.4) is 0 Å². The summed E-state index contributed by atoms with van der Waals surface area (Å²) in [6.45, 7) is 0.444. The lowest BCUT2D eigenvalue weighted by molar-refractivity contribution is -0.144. The third kappa shape index (κ3) is 30.7. The number of rotatable bonds is 44. The first kappa shape index (κ1) is 85.3. The Morgan fingerprint density at radius 1 is 0.424 bits per heavy atom. The van der Waals surface area contributed by atoms with Gasteiger partial charge in [-0.2, -0.15) is 25.3 Å². The fourth-order valence-electron chi connectivity index (χ4n) is 8.81. The minimum atomic E-state index is -2.11. The largest absolute Gasteiger partial charge is 0.508 e. The van der Waals surface area contributed by atoms with Crippen molar-refractivity contribution < 1.29 is 103 Å². The summed E-state index contributed by atoms with van der Waals surface area (Å²) in [5.41, 5.74) is 28.7. The maximum Gasteiger partial charge on any atom is 0.328 e. The van der Waals surface area contributed by atoms with Gasteiger partial charge in [0.2, 0.25) is 65.0 Å². The van der Waals surface area contributed by atoms with Crippen LogP contribution in [-0.4, -0.2) is 253 Å². The van der Waals surface area contributed by atoms with Crippen molar-refractivity contribution >= 4 is 114 Å². The number of guanidine groups is 2. The maximum atomic E-state index is 14.4. The van der Waals surface area contributed by atoms with Crippen LogP contribution in [0.25, 0.3) is 0 Å². The number of hydrogen-bond donors (Lipinski definition) is 26. The van der Waals surface area contributed by atoms with Crippen molar-refractivity contribution in [2.45, 2.75) is 144 Å². The van der Waals surface area contributed by atoms with Gasteiger partial charge in [0.1, 0.15) is 78.0 Å². The number of carbonyl (C=O) groups excluding carboxylic acids is 11. The molecule has 29 N–H and O–H groups in total. The number of benzene rings is 2. The van der Waals surface area contributed by atoms with Crippen molar-refractivity contribution in [2.75, 3.05) is 44.4 Å². The van der Waals surface area contributed by atoms with Gasteiger partial charge in [-0.05, 0) is 73.9 Å². The lowest BCUT2D eigenvalue weighted by atomic mass is 10.0. The molecule has 13 atom stereocenters. The quantitative estimate of drug-likeness (QED) is 0.0127. The van der Waals surface area contributed by atoms with Gasteiger partial charge in [0.15, 0.2) is 11.9 Å². The van der Waals surface area contributed by atoms with Gasteiger partial charge in [0, 0.05) is 37.4 Å². The molecule has 0 aromatic heterocycles. The summed E-state index contributed by atoms with van der Waals surface area (Å²) in [7, 11) is 0. The van der Waals surface area contributed by atoms with E-state index in [1.54, 1.807) is 0 Å². The summed E-state index contributed by atoms with van der Waals surface area (Å²) in [6, 6.07) is -9.45. The summed E-state index contributed by atoms with van der Waals surface area (Å²) in [5, 5.41) is 104. The van der Waals surface area contributed by atoms with Crippen molar-refractivity contribution in [1.29, 1.82) is 0 Å². The van der Waals surface area contributed by atoms with E-state index in [-0.39, 0.29) is 75.0 Å². The molecule has 0 saturated heterocycles. The Morgan fingerprint density at radius 2 is 0.747 bits per heavy atom. The number of nitrogens with two attached hydrogens (primary N) is 5. The number of thiol groups is 2. The Bertz CT molecular complexity index is 3140. The third-order valence-corrected chi connectivity index (χ3v) is 15.0. The van der Waals surface area contributed by atoms with E-state index in [9.17, 15) is 103 Å². The number of amides is 11. The second-order valence-electron chi connectivity index (χ2n) is 22.6. The summed E-state index contributed by atoms with van der Waals surface area (Å²) in [6.07, 6.45) is -3.43. The van der Waals surface area contributed by atoms with Gasteiger partial charge in [0.25, 0.3) is 0 Å². The van der Waals surface area contributed by atoms with Crippen LogP contribution in [0.2, 0.25) is 0 Å². The van der Waals surface area contributed by atoms with Crippen molar-refractivity contribution in [3.63, 3.8) is 0 Å². The molecule has 0 bridgehead atoms. The van der Waals surface area contributed by atoms with Crippen LogP contribution in [0.1, 0.15) is 64.0 Å². The zero-order valence-corrected chi connectivity index (χ0v) is 56.0. The van der Waals surface area contributed by atoms with Gasteiger partial charge in [-0.3, -0.25) is 67.5 Å². The SMILES string of the molecule is CC(C)[C@H](NC(=O)[C@@H](NC(=O)[C@H](CS)NC(=O)[C@H](CC(=O)O)NC(=O)[C@H](CO)NC(=O)[C@H](CO)NC(=O)[C@H](CCCN=C(N)N)NC(=O)[C@H](CS)NC(=O)[C@H](Cc1ccc(O)cc1)NC(=O)[C@H](Cc1ccc(O)cc1)NC(=O)[C@@H](N)CCCN=C(N)N)[C@@H](C)O)C(=O)N[C@@H](CO)C(=O)O. The number of phenolic OH excluding ortho intramolecular Hbond substituents is 2. The van der Waals surface area contributed by atoms with Crippen molar-refractivity contribution in [1.82, 2.24) is 58.5 Å². The van der Waals surface area contributed by atoms with E-state index in [2.05, 4.69) is 77.8 Å². The number of aliphatic carboxylic acids is 2.